The molecular formula is C30H33N3O3. The highest BCUT2D eigenvalue weighted by atomic mass is 16.5. The molecule has 1 unspecified atom stereocenters. The van der Waals surface area contributed by atoms with E-state index >= 15 is 0 Å². The lowest BCUT2D eigenvalue weighted by Gasteiger charge is -2.18. The maximum atomic E-state index is 13.0. The standard InChI is InChI=1S/C30H33N3O3/c1-21(2)25-9-4-7-12-28(25)36-18-8-17-32-27-11-6-5-10-26(27)31-30(32)22-19-29(34)33(20-22)23-13-15-24(35-3)16-14-23/h4-7,9-16,21-22H,8,17-20H2,1-3H3. The summed E-state index contributed by atoms with van der Waals surface area (Å²) in [5.41, 5.74) is 4.19. The van der Waals surface area contributed by atoms with Crippen molar-refractivity contribution in [2.45, 2.75) is 45.1 Å². The van der Waals surface area contributed by atoms with Crippen molar-refractivity contribution in [1.29, 1.82) is 0 Å². The van der Waals surface area contributed by atoms with E-state index in [0.29, 0.717) is 25.5 Å². The Bertz CT molecular complexity index is 1340. The zero-order chi connectivity index (χ0) is 25.1. The summed E-state index contributed by atoms with van der Waals surface area (Å²) in [6, 6.07) is 24.1. The van der Waals surface area contributed by atoms with E-state index in [0.717, 1.165) is 47.0 Å². The summed E-state index contributed by atoms with van der Waals surface area (Å²) < 4.78 is 13.7. The van der Waals surface area contributed by atoms with E-state index in [1.165, 1.54) is 5.56 Å². The van der Waals surface area contributed by atoms with Crippen molar-refractivity contribution < 1.29 is 14.3 Å². The van der Waals surface area contributed by atoms with E-state index in [1.54, 1.807) is 7.11 Å². The number of methoxy groups -OCH3 is 1. The average Bonchev–Trinajstić information content (AvgIpc) is 3.47. The summed E-state index contributed by atoms with van der Waals surface area (Å²) in [6.07, 6.45) is 1.30. The Kier molecular flexibility index (Phi) is 6.94. The molecule has 1 saturated heterocycles. The van der Waals surface area contributed by atoms with E-state index < -0.39 is 0 Å². The van der Waals surface area contributed by atoms with Crippen LogP contribution in [0.5, 0.6) is 11.5 Å². The number of anilines is 1. The Morgan fingerprint density at radius 3 is 2.53 bits per heavy atom. The van der Waals surface area contributed by atoms with Crippen molar-refractivity contribution in [1.82, 2.24) is 9.55 Å². The molecule has 3 aromatic carbocycles. The molecule has 1 amide bonds. The van der Waals surface area contributed by atoms with Gasteiger partial charge in [-0.1, -0.05) is 44.2 Å². The van der Waals surface area contributed by atoms with Gasteiger partial charge in [-0.3, -0.25) is 4.79 Å². The van der Waals surface area contributed by atoms with Crippen molar-refractivity contribution in [2.24, 2.45) is 0 Å². The summed E-state index contributed by atoms with van der Waals surface area (Å²) in [4.78, 5) is 19.8. The van der Waals surface area contributed by atoms with E-state index in [-0.39, 0.29) is 11.8 Å². The van der Waals surface area contributed by atoms with Crippen molar-refractivity contribution in [3.63, 3.8) is 0 Å². The fourth-order valence-corrected chi connectivity index (χ4v) is 5.03. The number of carbonyl (C=O) groups is 1. The quantitative estimate of drug-likeness (QED) is 0.268. The van der Waals surface area contributed by atoms with Gasteiger partial charge in [0.2, 0.25) is 5.91 Å². The first-order valence-electron chi connectivity index (χ1n) is 12.7. The van der Waals surface area contributed by atoms with Crippen molar-refractivity contribution in [2.75, 3.05) is 25.2 Å². The number of rotatable bonds is 9. The highest BCUT2D eigenvalue weighted by Crippen LogP contribution is 2.34. The number of hydrogen-bond donors (Lipinski definition) is 0. The largest absolute Gasteiger partial charge is 0.497 e. The van der Waals surface area contributed by atoms with E-state index in [9.17, 15) is 4.79 Å². The Labute approximate surface area is 212 Å². The molecule has 0 radical (unpaired) electrons. The average molecular weight is 484 g/mol. The van der Waals surface area contributed by atoms with Gasteiger partial charge in [0.15, 0.2) is 0 Å². The first-order chi connectivity index (χ1) is 17.5. The molecular weight excluding hydrogens is 450 g/mol. The second-order valence-electron chi connectivity index (χ2n) is 9.61. The summed E-state index contributed by atoms with van der Waals surface area (Å²) in [5.74, 6) is 3.29. The molecule has 1 fully saturated rings. The van der Waals surface area contributed by atoms with E-state index in [2.05, 4.69) is 36.6 Å². The van der Waals surface area contributed by atoms with Crippen LogP contribution in [0.2, 0.25) is 0 Å². The Morgan fingerprint density at radius 2 is 1.75 bits per heavy atom. The number of imidazole rings is 1. The fourth-order valence-electron chi connectivity index (χ4n) is 5.03. The molecule has 1 aliphatic rings. The lowest BCUT2D eigenvalue weighted by Crippen LogP contribution is -2.24. The van der Waals surface area contributed by atoms with Crippen LogP contribution >= 0.6 is 0 Å². The smallest absolute Gasteiger partial charge is 0.227 e. The highest BCUT2D eigenvalue weighted by molar-refractivity contribution is 5.96. The highest BCUT2D eigenvalue weighted by Gasteiger charge is 2.34. The van der Waals surface area contributed by atoms with E-state index in [4.69, 9.17) is 14.5 Å². The molecule has 4 aromatic rings. The Balaban J connectivity index is 1.33. The van der Waals surface area contributed by atoms with Gasteiger partial charge < -0.3 is 18.9 Å². The number of fused-ring (bicyclic) bond motifs is 1. The number of nitrogens with zero attached hydrogens (tertiary/aromatic N) is 3. The molecule has 186 valence electrons. The molecule has 5 rings (SSSR count). The minimum atomic E-state index is 0.0367. The second kappa shape index (κ2) is 10.4. The SMILES string of the molecule is COc1ccc(N2CC(c3nc4ccccc4n3CCCOc3ccccc3C(C)C)CC2=O)cc1. The minimum absolute atomic E-state index is 0.0367. The number of ether oxygens (including phenoxy) is 2. The first-order valence-corrected chi connectivity index (χ1v) is 12.7. The van der Waals surface area contributed by atoms with Gasteiger partial charge in [-0.25, -0.2) is 4.98 Å². The first kappa shape index (κ1) is 23.9. The predicted octanol–water partition coefficient (Wildman–Crippen LogP) is 6.16. The fraction of sp³-hybridized carbons (Fsp3) is 0.333. The number of hydrogen-bond acceptors (Lipinski definition) is 4. The van der Waals surface area contributed by atoms with Crippen LogP contribution in [-0.2, 0) is 11.3 Å². The zero-order valence-corrected chi connectivity index (χ0v) is 21.2. The van der Waals surface area contributed by atoms with Crippen LogP contribution in [0.1, 0.15) is 49.9 Å². The van der Waals surface area contributed by atoms with Gasteiger partial charge >= 0.3 is 0 Å². The lowest BCUT2D eigenvalue weighted by atomic mass is 10.0. The van der Waals surface area contributed by atoms with Crippen LogP contribution in [0, 0.1) is 0 Å². The number of para-hydroxylation sites is 3. The molecule has 1 atom stereocenters. The summed E-state index contributed by atoms with van der Waals surface area (Å²) in [7, 11) is 1.64. The lowest BCUT2D eigenvalue weighted by molar-refractivity contribution is -0.117. The van der Waals surface area contributed by atoms with Crippen LogP contribution in [0.15, 0.2) is 72.8 Å². The third kappa shape index (κ3) is 4.81. The minimum Gasteiger partial charge on any atom is -0.497 e. The molecule has 6 nitrogen and oxygen atoms in total. The number of aromatic nitrogens is 2. The second-order valence-corrected chi connectivity index (χ2v) is 9.61. The van der Waals surface area contributed by atoms with Crippen LogP contribution in [0.4, 0.5) is 5.69 Å². The maximum absolute atomic E-state index is 13.0. The Hall–Kier alpha value is -3.80. The number of amides is 1. The third-order valence-electron chi connectivity index (χ3n) is 6.88. The zero-order valence-electron chi connectivity index (χ0n) is 21.2. The van der Waals surface area contributed by atoms with Gasteiger partial charge in [-0.05, 0) is 60.4 Å². The van der Waals surface area contributed by atoms with E-state index in [1.807, 2.05) is 59.5 Å². The molecule has 0 aliphatic carbocycles. The predicted molar refractivity (Wildman–Crippen MR) is 143 cm³/mol. The van der Waals surface area contributed by atoms with Crippen LogP contribution in [-0.4, -0.2) is 35.7 Å². The van der Waals surface area contributed by atoms with Gasteiger partial charge in [0.05, 0.1) is 24.8 Å². The molecule has 2 heterocycles. The van der Waals surface area contributed by atoms with Crippen LogP contribution < -0.4 is 14.4 Å². The molecule has 0 N–H and O–H groups in total. The number of benzene rings is 3. The molecule has 1 aliphatic heterocycles. The summed E-state index contributed by atoms with van der Waals surface area (Å²) in [6.45, 7) is 6.39. The molecule has 0 saturated carbocycles. The molecule has 0 bridgehead atoms. The van der Waals surface area contributed by atoms with Gasteiger partial charge in [0.25, 0.3) is 0 Å². The normalized spacial score (nSPS) is 15.7. The Morgan fingerprint density at radius 1 is 1.00 bits per heavy atom. The molecule has 1 aromatic heterocycles. The topological polar surface area (TPSA) is 56.6 Å². The summed E-state index contributed by atoms with van der Waals surface area (Å²) >= 11 is 0. The number of aryl methyl sites for hydroxylation is 1. The van der Waals surface area contributed by atoms with Crippen molar-refractivity contribution in [3.05, 3.63) is 84.2 Å². The summed E-state index contributed by atoms with van der Waals surface area (Å²) in [5, 5.41) is 0. The monoisotopic (exact) mass is 483 g/mol. The van der Waals surface area contributed by atoms with Gasteiger partial charge in [0, 0.05) is 31.1 Å². The van der Waals surface area contributed by atoms with Gasteiger partial charge in [0.1, 0.15) is 17.3 Å². The molecule has 36 heavy (non-hydrogen) atoms. The third-order valence-corrected chi connectivity index (χ3v) is 6.88. The van der Waals surface area contributed by atoms with Gasteiger partial charge in [-0.2, -0.15) is 0 Å². The van der Waals surface area contributed by atoms with Crippen LogP contribution in [0.25, 0.3) is 11.0 Å². The van der Waals surface area contributed by atoms with Crippen molar-refractivity contribution >= 4 is 22.6 Å². The maximum Gasteiger partial charge on any atom is 0.227 e. The van der Waals surface area contributed by atoms with Crippen LogP contribution in [0.3, 0.4) is 0 Å². The molecule has 0 spiro atoms. The van der Waals surface area contributed by atoms with Gasteiger partial charge in [-0.15, -0.1) is 0 Å². The molecule has 6 heteroatoms. The van der Waals surface area contributed by atoms with Crippen molar-refractivity contribution in [3.8, 4) is 11.5 Å². The number of carbonyl (C=O) groups excluding carboxylic acids is 1.